The first-order valence-corrected chi connectivity index (χ1v) is 15.0. The molecule has 2 fully saturated rings. The predicted molar refractivity (Wildman–Crippen MR) is 171 cm³/mol. The van der Waals surface area contributed by atoms with Crippen LogP contribution < -0.4 is 26.4 Å². The van der Waals surface area contributed by atoms with Crippen LogP contribution in [-0.4, -0.2) is 59.1 Å². The first-order chi connectivity index (χ1) is 21.7. The van der Waals surface area contributed by atoms with Gasteiger partial charge in [0.25, 0.3) is 0 Å². The maximum atomic E-state index is 14.7. The Labute approximate surface area is 265 Å². The number of hydrogen-bond acceptors (Lipinski definition) is 9. The maximum absolute atomic E-state index is 14.7. The molecule has 10 nitrogen and oxygen atoms in total. The largest absolute Gasteiger partial charge is 0.480 e. The zero-order chi connectivity index (χ0) is 33.2. The summed E-state index contributed by atoms with van der Waals surface area (Å²) in [5.74, 6) is -1.09. The van der Waals surface area contributed by atoms with E-state index in [0.717, 1.165) is 16.7 Å². The third-order valence-corrected chi connectivity index (χ3v) is 8.75. The SMILES string of the molecule is CC(N)=CC=Nc1cc(-c2ccc(C)c(C)c2)ccc1[C@@H](Oc1cc(N2CCC3(CC2)CN[C@H](C(=O)O)C3)nc(N)n1)C(F)(F)F. The summed E-state index contributed by atoms with van der Waals surface area (Å²) in [6, 6.07) is 11.2. The number of anilines is 2. The summed E-state index contributed by atoms with van der Waals surface area (Å²) in [6.07, 6.45) is -2.48. The zero-order valence-electron chi connectivity index (χ0n) is 25.9. The lowest BCUT2D eigenvalue weighted by molar-refractivity contribution is -0.198. The number of nitrogens with two attached hydrogens (primary N) is 2. The number of carboxylic acids is 1. The van der Waals surface area contributed by atoms with Crippen molar-refractivity contribution in [3.8, 4) is 17.0 Å². The highest BCUT2D eigenvalue weighted by Crippen LogP contribution is 2.43. The molecule has 2 aliphatic rings. The Kier molecular flexibility index (Phi) is 9.24. The Hall–Kier alpha value is -4.65. The van der Waals surface area contributed by atoms with Crippen LogP contribution in [0.25, 0.3) is 11.1 Å². The molecule has 13 heteroatoms. The van der Waals surface area contributed by atoms with Crippen LogP contribution in [0.1, 0.15) is 49.0 Å². The van der Waals surface area contributed by atoms with E-state index >= 15 is 0 Å². The molecule has 5 rings (SSSR count). The molecule has 0 radical (unpaired) electrons. The van der Waals surface area contributed by atoms with Crippen LogP contribution in [0.4, 0.5) is 30.6 Å². The fourth-order valence-corrected chi connectivity index (χ4v) is 5.98. The fraction of sp³-hybridized carbons (Fsp3) is 0.394. The van der Waals surface area contributed by atoms with Gasteiger partial charge in [0.1, 0.15) is 11.9 Å². The van der Waals surface area contributed by atoms with Gasteiger partial charge in [-0.1, -0.05) is 30.3 Å². The molecule has 2 saturated heterocycles. The molecule has 1 spiro atoms. The second kappa shape index (κ2) is 13.0. The summed E-state index contributed by atoms with van der Waals surface area (Å²) < 4.78 is 49.7. The van der Waals surface area contributed by atoms with Crippen LogP contribution in [0.5, 0.6) is 5.88 Å². The van der Waals surface area contributed by atoms with Gasteiger partial charge in [-0.3, -0.25) is 9.79 Å². The fourth-order valence-electron chi connectivity index (χ4n) is 5.98. The molecule has 0 saturated carbocycles. The Bertz CT molecular complexity index is 1660. The van der Waals surface area contributed by atoms with Gasteiger partial charge in [0.2, 0.25) is 17.9 Å². The van der Waals surface area contributed by atoms with Crippen molar-refractivity contribution in [2.45, 2.75) is 58.4 Å². The van der Waals surface area contributed by atoms with Gasteiger partial charge in [-0.05, 0) is 79.8 Å². The Morgan fingerprint density at radius 2 is 1.83 bits per heavy atom. The average molecular weight is 638 g/mol. The molecule has 2 aromatic carbocycles. The molecule has 6 N–H and O–H groups in total. The molecular weight excluding hydrogens is 599 g/mol. The van der Waals surface area contributed by atoms with Crippen molar-refractivity contribution in [2.24, 2.45) is 16.1 Å². The molecule has 3 heterocycles. The third-order valence-electron chi connectivity index (χ3n) is 8.75. The summed E-state index contributed by atoms with van der Waals surface area (Å²) in [7, 11) is 0. The molecule has 0 amide bonds. The van der Waals surface area contributed by atoms with E-state index in [0.29, 0.717) is 56.0 Å². The second-order valence-electron chi connectivity index (χ2n) is 12.2. The van der Waals surface area contributed by atoms with E-state index in [-0.39, 0.29) is 28.5 Å². The number of ether oxygens (including phenoxy) is 1. The van der Waals surface area contributed by atoms with Gasteiger partial charge in [-0.2, -0.15) is 23.1 Å². The average Bonchev–Trinajstić information content (AvgIpc) is 3.40. The van der Waals surface area contributed by atoms with Crippen molar-refractivity contribution < 1.29 is 27.8 Å². The topological polar surface area (TPSA) is 152 Å². The van der Waals surface area contributed by atoms with E-state index in [4.69, 9.17) is 16.2 Å². The minimum atomic E-state index is -4.83. The number of piperidine rings is 1. The lowest BCUT2D eigenvalue weighted by atomic mass is 9.76. The van der Waals surface area contributed by atoms with Crippen molar-refractivity contribution >= 4 is 29.6 Å². The van der Waals surface area contributed by atoms with E-state index in [2.05, 4.69) is 20.3 Å². The van der Waals surface area contributed by atoms with E-state index in [1.165, 1.54) is 24.4 Å². The number of benzene rings is 2. The molecule has 2 aliphatic heterocycles. The highest BCUT2D eigenvalue weighted by Gasteiger charge is 2.46. The number of aliphatic carboxylic acids is 1. The summed E-state index contributed by atoms with van der Waals surface area (Å²) in [5, 5.41) is 12.5. The molecule has 244 valence electrons. The van der Waals surface area contributed by atoms with Gasteiger partial charge in [0.15, 0.2) is 0 Å². The quantitative estimate of drug-likeness (QED) is 0.231. The summed E-state index contributed by atoms with van der Waals surface area (Å²) in [4.78, 5) is 25.9. The number of nitrogens with one attached hydrogen (secondary N) is 1. The number of aromatic nitrogens is 2. The first kappa shape index (κ1) is 32.7. The molecule has 3 aromatic rings. The predicted octanol–water partition coefficient (Wildman–Crippen LogP) is 5.62. The lowest BCUT2D eigenvalue weighted by Gasteiger charge is -2.39. The smallest absolute Gasteiger partial charge is 0.429 e. The normalized spacial score (nSPS) is 19.1. The van der Waals surface area contributed by atoms with E-state index in [1.807, 2.05) is 36.9 Å². The second-order valence-corrected chi connectivity index (χ2v) is 12.2. The van der Waals surface area contributed by atoms with Gasteiger partial charge in [0.05, 0.1) is 5.69 Å². The van der Waals surface area contributed by atoms with Crippen LogP contribution >= 0.6 is 0 Å². The Balaban J connectivity index is 1.44. The number of aryl methyl sites for hydroxylation is 2. The maximum Gasteiger partial charge on any atom is 0.429 e. The minimum Gasteiger partial charge on any atom is -0.480 e. The highest BCUT2D eigenvalue weighted by atomic mass is 19.4. The van der Waals surface area contributed by atoms with Crippen molar-refractivity contribution in [1.82, 2.24) is 15.3 Å². The van der Waals surface area contributed by atoms with Crippen LogP contribution in [-0.2, 0) is 4.79 Å². The number of halogens is 3. The number of allylic oxidation sites excluding steroid dienone is 2. The van der Waals surface area contributed by atoms with Crippen molar-refractivity contribution in [2.75, 3.05) is 30.3 Å². The Morgan fingerprint density at radius 1 is 1.13 bits per heavy atom. The summed E-state index contributed by atoms with van der Waals surface area (Å²) in [6.45, 7) is 7.26. The first-order valence-electron chi connectivity index (χ1n) is 15.0. The number of aliphatic imine (C=N–C) groups is 1. The van der Waals surface area contributed by atoms with Gasteiger partial charge in [-0.15, -0.1) is 0 Å². The molecule has 0 bridgehead atoms. The zero-order valence-corrected chi connectivity index (χ0v) is 25.9. The standard InChI is InChI=1S/C33H38F3N7O3/c1-19-4-5-22(14-20(19)2)23-6-7-24(25(15-23)39-11-8-21(3)37)29(33(34,35)36)46-28-16-27(41-31(38)42-28)43-12-9-32(10-13-43)17-26(30(44)45)40-18-32/h4-8,11,14-16,26,29,40H,9-10,12-13,17-18,37H2,1-3H3,(H,44,45)(H2,38,41,42)/t26-,29+/m0/s1. The van der Waals surface area contributed by atoms with Gasteiger partial charge in [0, 0.05) is 43.2 Å². The highest BCUT2D eigenvalue weighted by molar-refractivity contribution is 5.78. The van der Waals surface area contributed by atoms with Crippen LogP contribution in [0.2, 0.25) is 0 Å². The third kappa shape index (κ3) is 7.41. The monoisotopic (exact) mass is 637 g/mol. The number of hydrogen-bond donors (Lipinski definition) is 4. The molecule has 1 aromatic heterocycles. The van der Waals surface area contributed by atoms with Gasteiger partial charge >= 0.3 is 12.1 Å². The van der Waals surface area contributed by atoms with Crippen LogP contribution in [0.15, 0.2) is 59.2 Å². The number of carboxylic acid groups (broad SMARTS) is 1. The van der Waals surface area contributed by atoms with Crippen molar-refractivity contribution in [3.63, 3.8) is 0 Å². The number of carbonyl (C=O) groups is 1. The Morgan fingerprint density at radius 3 is 2.46 bits per heavy atom. The number of nitrogen functional groups attached to an aromatic ring is 1. The van der Waals surface area contributed by atoms with E-state index < -0.39 is 24.3 Å². The molecule has 2 atom stereocenters. The number of rotatable bonds is 8. The summed E-state index contributed by atoms with van der Waals surface area (Å²) in [5.41, 5.74) is 15.5. The molecular formula is C33H38F3N7O3. The summed E-state index contributed by atoms with van der Waals surface area (Å²) >= 11 is 0. The van der Waals surface area contributed by atoms with Crippen LogP contribution in [0.3, 0.4) is 0 Å². The molecule has 0 unspecified atom stereocenters. The van der Waals surface area contributed by atoms with Crippen LogP contribution in [0, 0.1) is 19.3 Å². The number of nitrogens with zero attached hydrogens (tertiary/aromatic N) is 4. The number of alkyl halides is 3. The van der Waals surface area contributed by atoms with E-state index in [1.54, 1.807) is 19.1 Å². The molecule has 0 aliphatic carbocycles. The molecule has 46 heavy (non-hydrogen) atoms. The van der Waals surface area contributed by atoms with Crippen molar-refractivity contribution in [1.29, 1.82) is 0 Å². The van der Waals surface area contributed by atoms with Gasteiger partial charge in [-0.25, -0.2) is 0 Å². The minimum absolute atomic E-state index is 0.0592. The van der Waals surface area contributed by atoms with Gasteiger partial charge < -0.3 is 31.5 Å². The van der Waals surface area contributed by atoms with Crippen molar-refractivity contribution in [3.05, 3.63) is 70.9 Å². The van der Waals surface area contributed by atoms with E-state index in [9.17, 15) is 23.1 Å². The lowest BCUT2D eigenvalue weighted by Crippen LogP contribution is -2.41.